The van der Waals surface area contributed by atoms with E-state index in [4.69, 9.17) is 16.3 Å². The van der Waals surface area contributed by atoms with Gasteiger partial charge in [0.25, 0.3) is 5.91 Å². The van der Waals surface area contributed by atoms with Crippen molar-refractivity contribution in [2.24, 2.45) is 5.92 Å². The van der Waals surface area contributed by atoms with Crippen LogP contribution in [0.4, 0.5) is 4.79 Å². The largest absolute Gasteiger partial charge is 0.490 e. The van der Waals surface area contributed by atoms with Crippen molar-refractivity contribution in [2.45, 2.75) is 38.1 Å². The SMILES string of the molecule is C[C@@H]1CCCC[C@]12NC(=O)N(CCOc1ccccc1Cl)C2=O. The lowest BCUT2D eigenvalue weighted by Crippen LogP contribution is -2.54. The molecule has 1 aliphatic heterocycles. The van der Waals surface area contributed by atoms with Gasteiger partial charge in [-0.2, -0.15) is 0 Å². The van der Waals surface area contributed by atoms with Crippen LogP contribution in [0, 0.1) is 5.92 Å². The molecule has 2 fully saturated rings. The second-order valence-electron chi connectivity index (χ2n) is 6.28. The van der Waals surface area contributed by atoms with Crippen molar-refractivity contribution in [3.05, 3.63) is 29.3 Å². The van der Waals surface area contributed by atoms with E-state index >= 15 is 0 Å². The van der Waals surface area contributed by atoms with Gasteiger partial charge in [-0.3, -0.25) is 9.69 Å². The zero-order valence-corrected chi connectivity index (χ0v) is 13.9. The van der Waals surface area contributed by atoms with Gasteiger partial charge in [0.2, 0.25) is 0 Å². The van der Waals surface area contributed by atoms with E-state index in [1.165, 1.54) is 4.90 Å². The number of benzene rings is 1. The number of hydrogen-bond donors (Lipinski definition) is 1. The molecule has 1 saturated carbocycles. The van der Waals surface area contributed by atoms with E-state index in [0.717, 1.165) is 25.7 Å². The molecule has 1 spiro atoms. The van der Waals surface area contributed by atoms with Crippen LogP contribution < -0.4 is 10.1 Å². The summed E-state index contributed by atoms with van der Waals surface area (Å²) in [5.41, 5.74) is -0.709. The molecule has 6 heteroatoms. The summed E-state index contributed by atoms with van der Waals surface area (Å²) in [7, 11) is 0. The maximum absolute atomic E-state index is 12.8. The summed E-state index contributed by atoms with van der Waals surface area (Å²) in [6, 6.07) is 6.84. The highest BCUT2D eigenvalue weighted by atomic mass is 35.5. The Hall–Kier alpha value is -1.75. The van der Waals surface area contributed by atoms with Crippen molar-refractivity contribution >= 4 is 23.5 Å². The van der Waals surface area contributed by atoms with Crippen LogP contribution in [0.15, 0.2) is 24.3 Å². The summed E-state index contributed by atoms with van der Waals surface area (Å²) in [5, 5.41) is 3.45. The Labute approximate surface area is 140 Å². The van der Waals surface area contributed by atoms with Gasteiger partial charge in [-0.05, 0) is 30.9 Å². The number of imide groups is 1. The van der Waals surface area contributed by atoms with Crippen molar-refractivity contribution in [2.75, 3.05) is 13.2 Å². The first-order chi connectivity index (χ1) is 11.0. The standard InChI is InChI=1S/C17H21ClN2O3/c1-12-6-4-5-9-17(12)15(21)20(16(22)19-17)10-11-23-14-8-3-2-7-13(14)18/h2-3,7-8,12H,4-6,9-11H2,1H3,(H,19,22)/t12-,17+/m1/s1. The molecule has 1 aromatic carbocycles. The third-order valence-electron chi connectivity index (χ3n) is 4.91. The number of carbonyl (C=O) groups is 2. The molecule has 2 atom stereocenters. The van der Waals surface area contributed by atoms with Crippen LogP contribution in [0.2, 0.25) is 5.02 Å². The van der Waals surface area contributed by atoms with Crippen LogP contribution >= 0.6 is 11.6 Å². The van der Waals surface area contributed by atoms with Crippen LogP contribution in [0.25, 0.3) is 0 Å². The average Bonchev–Trinajstić information content (AvgIpc) is 2.77. The van der Waals surface area contributed by atoms with E-state index in [0.29, 0.717) is 10.8 Å². The van der Waals surface area contributed by atoms with Crippen molar-refractivity contribution in [3.8, 4) is 5.75 Å². The van der Waals surface area contributed by atoms with Gasteiger partial charge < -0.3 is 10.1 Å². The predicted molar refractivity (Wildman–Crippen MR) is 87.6 cm³/mol. The Morgan fingerprint density at radius 2 is 2.13 bits per heavy atom. The Balaban J connectivity index is 1.63. The number of halogens is 1. The van der Waals surface area contributed by atoms with Gasteiger partial charge in [0, 0.05) is 0 Å². The molecule has 0 bridgehead atoms. The first-order valence-electron chi connectivity index (χ1n) is 8.06. The number of nitrogens with one attached hydrogen (secondary N) is 1. The number of para-hydroxylation sites is 1. The van der Waals surface area contributed by atoms with Crippen molar-refractivity contribution in [1.29, 1.82) is 0 Å². The summed E-state index contributed by atoms with van der Waals surface area (Å²) in [5.74, 6) is 0.613. The van der Waals surface area contributed by atoms with Gasteiger partial charge in [-0.15, -0.1) is 0 Å². The molecule has 3 amide bonds. The van der Waals surface area contributed by atoms with Crippen molar-refractivity contribution < 1.29 is 14.3 Å². The van der Waals surface area contributed by atoms with Crippen molar-refractivity contribution in [1.82, 2.24) is 10.2 Å². The van der Waals surface area contributed by atoms with Gasteiger partial charge in [0.1, 0.15) is 17.9 Å². The summed E-state index contributed by atoms with van der Waals surface area (Å²) in [6.45, 7) is 2.50. The van der Waals surface area contributed by atoms with Gasteiger partial charge >= 0.3 is 6.03 Å². The molecule has 3 rings (SSSR count). The molecule has 1 aliphatic carbocycles. The number of amides is 3. The number of carbonyl (C=O) groups excluding carboxylic acids is 2. The summed E-state index contributed by atoms with van der Waals surface area (Å²) in [4.78, 5) is 26.3. The van der Waals surface area contributed by atoms with Crippen LogP contribution in [0.5, 0.6) is 5.75 Å². The summed E-state index contributed by atoms with van der Waals surface area (Å²) < 4.78 is 5.59. The molecule has 0 unspecified atom stereocenters. The highest BCUT2D eigenvalue weighted by Crippen LogP contribution is 2.38. The third kappa shape index (κ3) is 2.90. The molecular formula is C17H21ClN2O3. The van der Waals surface area contributed by atoms with E-state index < -0.39 is 5.54 Å². The molecule has 1 saturated heterocycles. The number of urea groups is 1. The van der Waals surface area contributed by atoms with Gasteiger partial charge in [-0.1, -0.05) is 43.5 Å². The fraction of sp³-hybridized carbons (Fsp3) is 0.529. The average molecular weight is 337 g/mol. The summed E-state index contributed by atoms with van der Waals surface area (Å²) >= 11 is 6.03. The second kappa shape index (κ2) is 6.40. The Kier molecular flexibility index (Phi) is 4.48. The van der Waals surface area contributed by atoms with E-state index in [1.54, 1.807) is 12.1 Å². The van der Waals surface area contributed by atoms with Crippen LogP contribution in [0.1, 0.15) is 32.6 Å². The Morgan fingerprint density at radius 1 is 1.35 bits per heavy atom. The Bertz CT molecular complexity index is 622. The highest BCUT2D eigenvalue weighted by molar-refractivity contribution is 6.32. The molecule has 1 heterocycles. The maximum Gasteiger partial charge on any atom is 0.325 e. The quantitative estimate of drug-likeness (QED) is 0.859. The van der Waals surface area contributed by atoms with Crippen LogP contribution in [0.3, 0.4) is 0 Å². The Morgan fingerprint density at radius 3 is 2.87 bits per heavy atom. The molecule has 5 nitrogen and oxygen atoms in total. The lowest BCUT2D eigenvalue weighted by Gasteiger charge is -2.36. The molecule has 1 N–H and O–H groups in total. The zero-order chi connectivity index (χ0) is 16.4. The minimum absolute atomic E-state index is 0.113. The number of rotatable bonds is 4. The van der Waals surface area contributed by atoms with Crippen LogP contribution in [-0.2, 0) is 4.79 Å². The smallest absolute Gasteiger partial charge is 0.325 e. The normalized spacial score (nSPS) is 27.4. The predicted octanol–water partition coefficient (Wildman–Crippen LogP) is 3.22. The monoisotopic (exact) mass is 336 g/mol. The fourth-order valence-electron chi connectivity index (χ4n) is 3.51. The lowest BCUT2D eigenvalue weighted by atomic mass is 9.73. The molecule has 1 aromatic rings. The first-order valence-corrected chi connectivity index (χ1v) is 8.44. The highest BCUT2D eigenvalue weighted by Gasteiger charge is 2.54. The van der Waals surface area contributed by atoms with Crippen molar-refractivity contribution in [3.63, 3.8) is 0 Å². The summed E-state index contributed by atoms with van der Waals surface area (Å²) in [6.07, 6.45) is 3.78. The first kappa shape index (κ1) is 16.1. The second-order valence-corrected chi connectivity index (χ2v) is 6.69. The number of ether oxygens (including phenoxy) is 1. The fourth-order valence-corrected chi connectivity index (χ4v) is 3.70. The molecule has 124 valence electrons. The molecule has 0 aromatic heterocycles. The molecule has 2 aliphatic rings. The maximum atomic E-state index is 12.8. The molecular weight excluding hydrogens is 316 g/mol. The lowest BCUT2D eigenvalue weighted by molar-refractivity contribution is -0.134. The number of nitrogens with zero attached hydrogens (tertiary/aromatic N) is 1. The zero-order valence-electron chi connectivity index (χ0n) is 13.2. The molecule has 0 radical (unpaired) electrons. The van der Waals surface area contributed by atoms with E-state index in [2.05, 4.69) is 5.32 Å². The molecule has 23 heavy (non-hydrogen) atoms. The van der Waals surface area contributed by atoms with E-state index in [1.807, 2.05) is 19.1 Å². The van der Waals surface area contributed by atoms with Gasteiger partial charge in [0.05, 0.1) is 11.6 Å². The van der Waals surface area contributed by atoms with Gasteiger partial charge in [-0.25, -0.2) is 4.79 Å². The van der Waals surface area contributed by atoms with Crippen LogP contribution in [-0.4, -0.2) is 35.5 Å². The van der Waals surface area contributed by atoms with E-state index in [9.17, 15) is 9.59 Å². The minimum Gasteiger partial charge on any atom is -0.490 e. The van der Waals surface area contributed by atoms with E-state index in [-0.39, 0.29) is 31.0 Å². The topological polar surface area (TPSA) is 58.6 Å². The number of hydrogen-bond acceptors (Lipinski definition) is 3. The minimum atomic E-state index is -0.709. The third-order valence-corrected chi connectivity index (χ3v) is 5.22. The van der Waals surface area contributed by atoms with Gasteiger partial charge in [0.15, 0.2) is 0 Å².